The Morgan fingerprint density at radius 3 is 2.09 bits per heavy atom. The van der Waals surface area contributed by atoms with E-state index in [0.717, 1.165) is 18.4 Å². The van der Waals surface area contributed by atoms with Crippen molar-refractivity contribution in [2.75, 3.05) is 6.26 Å². The van der Waals surface area contributed by atoms with E-state index in [4.69, 9.17) is 28.5 Å². The van der Waals surface area contributed by atoms with Gasteiger partial charge in [0, 0.05) is 34.7 Å². The van der Waals surface area contributed by atoms with E-state index in [1.54, 1.807) is 6.07 Å². The van der Waals surface area contributed by atoms with Crippen molar-refractivity contribution >= 4 is 38.9 Å². The number of rotatable bonds is 11. The van der Waals surface area contributed by atoms with Crippen LogP contribution < -0.4 is 10.6 Å². The standard InChI is InChI=1S/C31H28Cl2F4N4O3S/c1-18(2)15-30(34,29(42)40-23(17-39)13-22-5-4-19(16-38)12-26(22)32)41-28(31(35,36)37)21-8-6-20(7-9-21)25-11-10-24(14-27(25)33)45(3,43)44/h4-12,14,18,23,28,41H,13,15H2,1-3H3,(H,40,42)/t23?,28-,30+/m0/s1. The highest BCUT2D eigenvalue weighted by Crippen LogP contribution is 2.38. The number of nitrogens with zero attached hydrogens (tertiary/aromatic N) is 2. The van der Waals surface area contributed by atoms with Crippen LogP contribution in [0.1, 0.15) is 43.0 Å². The molecule has 3 aromatic rings. The first-order chi connectivity index (χ1) is 20.9. The number of amides is 1. The van der Waals surface area contributed by atoms with Crippen LogP contribution in [-0.2, 0) is 21.1 Å². The highest BCUT2D eigenvalue weighted by Gasteiger charge is 2.50. The monoisotopic (exact) mass is 682 g/mol. The van der Waals surface area contributed by atoms with Crippen molar-refractivity contribution in [2.45, 2.75) is 55.6 Å². The van der Waals surface area contributed by atoms with Crippen LogP contribution >= 0.6 is 23.2 Å². The topological polar surface area (TPSA) is 123 Å². The van der Waals surface area contributed by atoms with Gasteiger partial charge in [-0.15, -0.1) is 0 Å². The fraction of sp³-hybridized carbons (Fsp3) is 0.323. The molecule has 3 rings (SSSR count). The van der Waals surface area contributed by atoms with Crippen LogP contribution in [0.4, 0.5) is 17.6 Å². The second-order valence-corrected chi connectivity index (χ2v) is 13.7. The quantitative estimate of drug-likeness (QED) is 0.164. The molecule has 1 unspecified atom stereocenters. The molecule has 45 heavy (non-hydrogen) atoms. The van der Waals surface area contributed by atoms with Crippen LogP contribution in [0.3, 0.4) is 0 Å². The molecular weight excluding hydrogens is 655 g/mol. The third kappa shape index (κ3) is 9.18. The molecule has 0 spiro atoms. The van der Waals surface area contributed by atoms with E-state index in [2.05, 4.69) is 5.32 Å². The van der Waals surface area contributed by atoms with Crippen molar-refractivity contribution in [3.05, 3.63) is 87.4 Å². The first-order valence-corrected chi connectivity index (χ1v) is 16.0. The predicted molar refractivity (Wildman–Crippen MR) is 163 cm³/mol. The van der Waals surface area contributed by atoms with E-state index in [-0.39, 0.29) is 26.9 Å². The van der Waals surface area contributed by atoms with E-state index in [0.29, 0.717) is 16.7 Å². The van der Waals surface area contributed by atoms with Crippen molar-refractivity contribution < 1.29 is 30.8 Å². The van der Waals surface area contributed by atoms with Crippen molar-refractivity contribution in [1.82, 2.24) is 10.6 Å². The van der Waals surface area contributed by atoms with Crippen molar-refractivity contribution in [3.8, 4) is 23.3 Å². The third-order valence-electron chi connectivity index (χ3n) is 6.74. The van der Waals surface area contributed by atoms with Gasteiger partial charge in [0.25, 0.3) is 5.91 Å². The number of nitriles is 2. The zero-order valence-corrected chi connectivity index (χ0v) is 26.5. The van der Waals surface area contributed by atoms with Gasteiger partial charge in [-0.1, -0.05) is 73.4 Å². The summed E-state index contributed by atoms with van der Waals surface area (Å²) in [5, 5.41) is 22.9. The van der Waals surface area contributed by atoms with E-state index in [9.17, 15) is 31.6 Å². The minimum absolute atomic E-state index is 0.0319. The van der Waals surface area contributed by atoms with Crippen LogP contribution in [0.2, 0.25) is 10.0 Å². The van der Waals surface area contributed by atoms with Crippen LogP contribution in [0.25, 0.3) is 11.1 Å². The molecule has 0 heterocycles. The first kappa shape index (κ1) is 35.8. The third-order valence-corrected chi connectivity index (χ3v) is 8.52. The molecule has 0 radical (unpaired) electrons. The first-order valence-electron chi connectivity index (χ1n) is 13.4. The van der Waals surface area contributed by atoms with Crippen LogP contribution in [0.5, 0.6) is 0 Å². The van der Waals surface area contributed by atoms with E-state index in [1.165, 1.54) is 62.4 Å². The maximum Gasteiger partial charge on any atom is 0.408 e. The number of sulfone groups is 1. The molecule has 0 aliphatic heterocycles. The molecule has 0 bridgehead atoms. The predicted octanol–water partition coefficient (Wildman–Crippen LogP) is 7.09. The second kappa shape index (κ2) is 14.2. The van der Waals surface area contributed by atoms with Gasteiger partial charge in [-0.2, -0.15) is 23.7 Å². The van der Waals surface area contributed by atoms with Crippen LogP contribution in [-0.4, -0.2) is 38.6 Å². The molecule has 3 aromatic carbocycles. The maximum absolute atomic E-state index is 16.4. The van der Waals surface area contributed by atoms with Crippen molar-refractivity contribution in [3.63, 3.8) is 0 Å². The van der Waals surface area contributed by atoms with Gasteiger partial charge in [0.2, 0.25) is 5.79 Å². The summed E-state index contributed by atoms with van der Waals surface area (Å²) in [6.45, 7) is 3.05. The fourth-order valence-corrected chi connectivity index (χ4v) is 5.84. The number of benzene rings is 3. The molecule has 14 heteroatoms. The number of alkyl halides is 4. The Morgan fingerprint density at radius 2 is 1.60 bits per heavy atom. The molecule has 3 atom stereocenters. The lowest BCUT2D eigenvalue weighted by Crippen LogP contribution is -2.59. The summed E-state index contributed by atoms with van der Waals surface area (Å²) in [7, 11) is -3.54. The van der Waals surface area contributed by atoms with E-state index in [1.807, 2.05) is 11.4 Å². The molecular formula is C31H28Cl2F4N4O3S. The Labute approximate surface area is 268 Å². The normalized spacial score (nSPS) is 14.6. The Morgan fingerprint density at radius 1 is 0.956 bits per heavy atom. The minimum atomic E-state index is -5.05. The highest BCUT2D eigenvalue weighted by molar-refractivity contribution is 7.90. The van der Waals surface area contributed by atoms with Crippen LogP contribution in [0, 0.1) is 28.6 Å². The zero-order valence-electron chi connectivity index (χ0n) is 24.2. The molecule has 0 saturated heterocycles. The fourth-order valence-electron chi connectivity index (χ4n) is 4.58. The molecule has 0 saturated carbocycles. The Hall–Kier alpha value is -3.68. The highest BCUT2D eigenvalue weighted by atomic mass is 35.5. The Bertz CT molecular complexity index is 1750. The number of carbonyl (C=O) groups excluding carboxylic acids is 1. The Balaban J connectivity index is 1.91. The lowest BCUT2D eigenvalue weighted by molar-refractivity contribution is -0.173. The van der Waals surface area contributed by atoms with E-state index >= 15 is 4.39 Å². The average molecular weight is 684 g/mol. The van der Waals surface area contributed by atoms with Crippen molar-refractivity contribution in [2.24, 2.45) is 5.92 Å². The number of carbonyl (C=O) groups is 1. The maximum atomic E-state index is 16.4. The van der Waals surface area contributed by atoms with Gasteiger partial charge in [-0.3, -0.25) is 10.1 Å². The smallest absolute Gasteiger partial charge is 0.336 e. The summed E-state index contributed by atoms with van der Waals surface area (Å²) in [6.07, 6.45) is -4.88. The molecule has 0 aliphatic rings. The lowest BCUT2D eigenvalue weighted by Gasteiger charge is -2.33. The summed E-state index contributed by atoms with van der Waals surface area (Å²) < 4.78 is 83.1. The molecule has 0 fully saturated rings. The summed E-state index contributed by atoms with van der Waals surface area (Å²) in [6, 6.07) is 12.8. The van der Waals surface area contributed by atoms with Gasteiger partial charge in [0.05, 0.1) is 22.6 Å². The molecule has 2 N–H and O–H groups in total. The number of nitrogens with one attached hydrogen (secondary N) is 2. The van der Waals surface area contributed by atoms with Gasteiger partial charge in [0.1, 0.15) is 12.1 Å². The molecule has 0 aliphatic carbocycles. The van der Waals surface area contributed by atoms with Gasteiger partial charge in [0.15, 0.2) is 9.84 Å². The van der Waals surface area contributed by atoms with Gasteiger partial charge < -0.3 is 5.32 Å². The second-order valence-electron chi connectivity index (χ2n) is 10.8. The molecule has 238 valence electrons. The van der Waals surface area contributed by atoms with Crippen LogP contribution in [0.15, 0.2) is 65.6 Å². The number of hydrogen-bond acceptors (Lipinski definition) is 6. The summed E-state index contributed by atoms with van der Waals surface area (Å²) in [4.78, 5) is 13.2. The lowest BCUT2D eigenvalue weighted by atomic mass is 9.95. The zero-order chi connectivity index (χ0) is 33.7. The summed E-state index contributed by atoms with van der Waals surface area (Å²) >= 11 is 12.4. The summed E-state index contributed by atoms with van der Waals surface area (Å²) in [5.74, 6) is -5.28. The number of hydrogen-bond donors (Lipinski definition) is 2. The van der Waals surface area contributed by atoms with Crippen molar-refractivity contribution in [1.29, 1.82) is 10.5 Å². The van der Waals surface area contributed by atoms with E-state index < -0.39 is 57.7 Å². The largest absolute Gasteiger partial charge is 0.408 e. The molecule has 1 amide bonds. The van der Waals surface area contributed by atoms with Gasteiger partial charge in [-0.25, -0.2) is 12.8 Å². The molecule has 0 aromatic heterocycles. The average Bonchev–Trinajstić information content (AvgIpc) is 2.95. The SMILES string of the molecule is CC(C)C[C@@](F)(N[C@@H](c1ccc(-c2ccc(S(C)(=O)=O)cc2Cl)cc1)C(F)(F)F)C(=O)NC(C#N)Cc1ccc(C#N)cc1Cl. The van der Waals surface area contributed by atoms with Gasteiger partial charge >= 0.3 is 6.18 Å². The minimum Gasteiger partial charge on any atom is -0.336 e. The molecule has 7 nitrogen and oxygen atoms in total. The number of halogens is 6. The Kier molecular flexibility index (Phi) is 11.3. The van der Waals surface area contributed by atoms with Gasteiger partial charge in [-0.05, 0) is 46.9 Å². The summed E-state index contributed by atoms with van der Waals surface area (Å²) in [5.41, 5.74) is 0.938.